The number of pyridine rings is 1. The molecule has 0 aromatic carbocycles. The van der Waals surface area contributed by atoms with Crippen LogP contribution in [0.25, 0.3) is 0 Å². The van der Waals surface area contributed by atoms with Gasteiger partial charge < -0.3 is 20.4 Å². The molecule has 7 nitrogen and oxygen atoms in total. The average Bonchev–Trinajstić information content (AvgIpc) is 2.47. The van der Waals surface area contributed by atoms with Crippen LogP contribution in [0.3, 0.4) is 0 Å². The van der Waals surface area contributed by atoms with Crippen LogP contribution in [0.5, 0.6) is 0 Å². The van der Waals surface area contributed by atoms with Crippen molar-refractivity contribution >= 4 is 17.4 Å². The van der Waals surface area contributed by atoms with E-state index in [2.05, 4.69) is 15.7 Å². The van der Waals surface area contributed by atoms with E-state index in [0.717, 1.165) is 5.69 Å². The highest BCUT2D eigenvalue weighted by Gasteiger charge is 2.22. The molecule has 4 N–H and O–H groups in total. The van der Waals surface area contributed by atoms with Crippen LogP contribution in [-0.2, 0) is 9.53 Å². The second-order valence-electron chi connectivity index (χ2n) is 4.38. The summed E-state index contributed by atoms with van der Waals surface area (Å²) in [6.45, 7) is 4.35. The number of nitrogen functional groups attached to an aromatic ring is 1. The first kappa shape index (κ1) is 13.6. The van der Waals surface area contributed by atoms with E-state index in [4.69, 9.17) is 10.6 Å². The zero-order valence-electron chi connectivity index (χ0n) is 10.9. The molecule has 2 rings (SSSR count). The second kappa shape index (κ2) is 6.35. The van der Waals surface area contributed by atoms with Gasteiger partial charge in [0.05, 0.1) is 13.2 Å². The van der Waals surface area contributed by atoms with E-state index >= 15 is 0 Å². The molecule has 7 heteroatoms. The smallest absolute Gasteiger partial charge is 0.244 e. The first-order chi connectivity index (χ1) is 9.20. The summed E-state index contributed by atoms with van der Waals surface area (Å²) in [7, 11) is 0. The van der Waals surface area contributed by atoms with Crippen molar-refractivity contribution in [1.29, 1.82) is 0 Å². The largest absolute Gasteiger partial charge is 0.378 e. The third-order valence-electron chi connectivity index (χ3n) is 2.98. The van der Waals surface area contributed by atoms with E-state index < -0.39 is 0 Å². The Bertz CT molecular complexity index is 434. The van der Waals surface area contributed by atoms with Gasteiger partial charge >= 0.3 is 0 Å². The third kappa shape index (κ3) is 3.55. The van der Waals surface area contributed by atoms with Crippen molar-refractivity contribution in [2.24, 2.45) is 5.84 Å². The lowest BCUT2D eigenvalue weighted by Gasteiger charge is -2.29. The Morgan fingerprint density at radius 3 is 2.95 bits per heavy atom. The van der Waals surface area contributed by atoms with Crippen LogP contribution in [-0.4, -0.2) is 48.1 Å². The van der Waals surface area contributed by atoms with Crippen LogP contribution < -0.4 is 16.6 Å². The number of aromatic nitrogens is 1. The Kier molecular flexibility index (Phi) is 4.53. The minimum absolute atomic E-state index is 0.0716. The molecule has 104 valence electrons. The molecule has 0 aliphatic carbocycles. The number of nitrogens with one attached hydrogen (secondary N) is 2. The van der Waals surface area contributed by atoms with Gasteiger partial charge in [-0.1, -0.05) is 0 Å². The average molecular weight is 265 g/mol. The van der Waals surface area contributed by atoms with Crippen molar-refractivity contribution in [3.05, 3.63) is 18.3 Å². The van der Waals surface area contributed by atoms with E-state index in [1.165, 1.54) is 0 Å². The number of carbonyl (C=O) groups is 1. The predicted octanol–water partition coefficient (Wildman–Crippen LogP) is 0.0264. The number of amides is 1. The molecule has 1 fully saturated rings. The summed E-state index contributed by atoms with van der Waals surface area (Å²) in [5, 5.41) is 3.15. The maximum Gasteiger partial charge on any atom is 0.244 e. The highest BCUT2D eigenvalue weighted by atomic mass is 16.5. The number of carbonyl (C=O) groups excluding carboxylic acids is 1. The quantitative estimate of drug-likeness (QED) is 0.525. The van der Waals surface area contributed by atoms with Crippen LogP contribution in [0.1, 0.15) is 6.92 Å². The van der Waals surface area contributed by atoms with Crippen LogP contribution in [0, 0.1) is 0 Å². The van der Waals surface area contributed by atoms with Crippen molar-refractivity contribution in [3.8, 4) is 0 Å². The normalized spacial score (nSPS) is 16.8. The van der Waals surface area contributed by atoms with Gasteiger partial charge in [-0.15, -0.1) is 0 Å². The van der Waals surface area contributed by atoms with E-state index in [9.17, 15) is 4.79 Å². The fourth-order valence-electron chi connectivity index (χ4n) is 1.97. The summed E-state index contributed by atoms with van der Waals surface area (Å²) in [6, 6.07) is 3.25. The van der Waals surface area contributed by atoms with Gasteiger partial charge in [0.15, 0.2) is 0 Å². The molecular formula is C12H19N5O2. The van der Waals surface area contributed by atoms with Gasteiger partial charge in [0.25, 0.3) is 0 Å². The number of nitrogens with zero attached hydrogens (tertiary/aromatic N) is 2. The lowest BCUT2D eigenvalue weighted by Crippen LogP contribution is -2.47. The second-order valence-corrected chi connectivity index (χ2v) is 4.38. The topological polar surface area (TPSA) is 92.5 Å². The van der Waals surface area contributed by atoms with Crippen molar-refractivity contribution in [2.45, 2.75) is 13.0 Å². The van der Waals surface area contributed by atoms with Crippen molar-refractivity contribution < 1.29 is 9.53 Å². The molecule has 0 radical (unpaired) electrons. The van der Waals surface area contributed by atoms with Gasteiger partial charge in [-0.05, 0) is 13.0 Å². The SMILES string of the molecule is CC(Nc1ccnc(NN)c1)C(=O)N1CCOCC1. The first-order valence-electron chi connectivity index (χ1n) is 6.26. The fourth-order valence-corrected chi connectivity index (χ4v) is 1.97. The van der Waals surface area contributed by atoms with Crippen molar-refractivity contribution in [3.63, 3.8) is 0 Å². The molecule has 1 unspecified atom stereocenters. The minimum Gasteiger partial charge on any atom is -0.378 e. The van der Waals surface area contributed by atoms with E-state index in [-0.39, 0.29) is 11.9 Å². The molecule has 0 bridgehead atoms. The maximum atomic E-state index is 12.2. The minimum atomic E-state index is -0.300. The predicted molar refractivity (Wildman–Crippen MR) is 72.5 cm³/mol. The van der Waals surface area contributed by atoms with Gasteiger partial charge in [-0.3, -0.25) is 4.79 Å². The highest BCUT2D eigenvalue weighted by molar-refractivity contribution is 5.84. The molecule has 0 spiro atoms. The van der Waals surface area contributed by atoms with Gasteiger partial charge in [-0.2, -0.15) is 0 Å². The first-order valence-corrected chi connectivity index (χ1v) is 6.26. The molecule has 0 saturated carbocycles. The number of hydrogen-bond donors (Lipinski definition) is 3. The van der Waals surface area contributed by atoms with Crippen LogP contribution in [0.15, 0.2) is 18.3 Å². The van der Waals surface area contributed by atoms with E-state index in [1.807, 2.05) is 11.8 Å². The Balaban J connectivity index is 1.95. The Labute approximate surface area is 112 Å². The molecule has 1 saturated heterocycles. The summed E-state index contributed by atoms with van der Waals surface area (Å²) < 4.78 is 5.23. The summed E-state index contributed by atoms with van der Waals surface area (Å²) in [6.07, 6.45) is 1.63. The number of anilines is 2. The Morgan fingerprint density at radius 2 is 2.26 bits per heavy atom. The van der Waals surface area contributed by atoms with E-state index in [1.54, 1.807) is 18.3 Å². The Hall–Kier alpha value is -1.86. The van der Waals surface area contributed by atoms with Crippen molar-refractivity contribution in [1.82, 2.24) is 9.88 Å². The molecule has 1 amide bonds. The monoisotopic (exact) mass is 265 g/mol. The lowest BCUT2D eigenvalue weighted by molar-refractivity contribution is -0.135. The molecule has 1 aromatic heterocycles. The summed E-state index contributed by atoms with van der Waals surface area (Å²) in [5.41, 5.74) is 3.27. The third-order valence-corrected chi connectivity index (χ3v) is 2.98. The van der Waals surface area contributed by atoms with Crippen LogP contribution in [0.2, 0.25) is 0 Å². The molecule has 1 aliphatic heterocycles. The lowest BCUT2D eigenvalue weighted by atomic mass is 10.2. The number of morpholine rings is 1. The number of nitrogens with two attached hydrogens (primary N) is 1. The molecular weight excluding hydrogens is 246 g/mol. The van der Waals surface area contributed by atoms with Gasteiger partial charge in [0.2, 0.25) is 5.91 Å². The molecule has 2 heterocycles. The van der Waals surface area contributed by atoms with Crippen LogP contribution in [0.4, 0.5) is 11.5 Å². The summed E-state index contributed by atoms with van der Waals surface area (Å²) in [5.74, 6) is 5.92. The fraction of sp³-hybridized carbons (Fsp3) is 0.500. The maximum absolute atomic E-state index is 12.2. The zero-order chi connectivity index (χ0) is 13.7. The zero-order valence-corrected chi connectivity index (χ0v) is 10.9. The van der Waals surface area contributed by atoms with Gasteiger partial charge in [-0.25, -0.2) is 10.8 Å². The summed E-state index contributed by atoms with van der Waals surface area (Å²) in [4.78, 5) is 18.0. The van der Waals surface area contributed by atoms with Crippen molar-refractivity contribution in [2.75, 3.05) is 37.0 Å². The molecule has 1 aliphatic rings. The van der Waals surface area contributed by atoms with Gasteiger partial charge in [0, 0.05) is 31.0 Å². The molecule has 1 aromatic rings. The Morgan fingerprint density at radius 1 is 1.53 bits per heavy atom. The van der Waals surface area contributed by atoms with E-state index in [0.29, 0.717) is 32.1 Å². The molecule has 19 heavy (non-hydrogen) atoms. The highest BCUT2D eigenvalue weighted by Crippen LogP contribution is 2.13. The van der Waals surface area contributed by atoms with Gasteiger partial charge in [0.1, 0.15) is 11.9 Å². The van der Waals surface area contributed by atoms with Crippen LogP contribution >= 0.6 is 0 Å². The summed E-state index contributed by atoms with van der Waals surface area (Å²) >= 11 is 0. The number of rotatable bonds is 4. The molecule has 1 atom stereocenters. The number of ether oxygens (including phenoxy) is 1. The number of hydrogen-bond acceptors (Lipinski definition) is 6. The standard InChI is InChI=1S/C12H19N5O2/c1-9(12(18)17-4-6-19-7-5-17)15-10-2-3-14-11(8-10)16-13/h2-3,8-9H,4-7,13H2,1H3,(H2,14,15,16). The number of hydrazine groups is 1.